The van der Waals surface area contributed by atoms with Crippen LogP contribution in [0.15, 0.2) is 29.1 Å². The first-order chi connectivity index (χ1) is 10.1. The van der Waals surface area contributed by atoms with Gasteiger partial charge in [0.15, 0.2) is 5.65 Å². The summed E-state index contributed by atoms with van der Waals surface area (Å²) < 4.78 is 7.20. The van der Waals surface area contributed by atoms with Crippen molar-refractivity contribution in [1.82, 2.24) is 19.6 Å². The van der Waals surface area contributed by atoms with Crippen LogP contribution in [-0.4, -0.2) is 19.6 Å². The number of nitrogens with zero attached hydrogens (tertiary/aromatic N) is 3. The lowest BCUT2D eigenvalue weighted by atomic mass is 10.1. The Morgan fingerprint density at radius 1 is 1.33 bits per heavy atom. The van der Waals surface area contributed by atoms with Crippen molar-refractivity contribution >= 4 is 5.65 Å². The second kappa shape index (κ2) is 5.02. The van der Waals surface area contributed by atoms with Crippen molar-refractivity contribution in [2.45, 2.75) is 20.4 Å². The number of H-pyrrole nitrogens is 1. The minimum Gasteiger partial charge on any atom is -0.439 e. The van der Waals surface area contributed by atoms with Crippen molar-refractivity contribution < 1.29 is 4.74 Å². The van der Waals surface area contributed by atoms with Crippen LogP contribution >= 0.6 is 0 Å². The molecule has 0 aliphatic rings. The number of hydrogen-bond donors (Lipinski definition) is 2. The fraction of sp³-hybridized carbons (Fsp3) is 0.214. The number of aromatic amines is 1. The van der Waals surface area contributed by atoms with Crippen LogP contribution in [0.2, 0.25) is 0 Å². The van der Waals surface area contributed by atoms with Gasteiger partial charge in [-0.05, 0) is 31.0 Å². The molecular formula is C14H15N5O2. The molecule has 0 saturated heterocycles. The van der Waals surface area contributed by atoms with Crippen LogP contribution in [0, 0.1) is 13.8 Å². The van der Waals surface area contributed by atoms with Gasteiger partial charge in [-0.25, -0.2) is 14.3 Å². The average Bonchev–Trinajstić information content (AvgIpc) is 2.83. The molecule has 2 heterocycles. The van der Waals surface area contributed by atoms with Crippen LogP contribution in [0.1, 0.15) is 17.0 Å². The monoisotopic (exact) mass is 285 g/mol. The van der Waals surface area contributed by atoms with Crippen LogP contribution in [0.5, 0.6) is 11.6 Å². The first-order valence-corrected chi connectivity index (χ1v) is 6.50. The summed E-state index contributed by atoms with van der Waals surface area (Å²) in [4.78, 5) is 15.8. The lowest BCUT2D eigenvalue weighted by Gasteiger charge is -2.10. The molecule has 108 valence electrons. The molecule has 0 amide bonds. The molecular weight excluding hydrogens is 270 g/mol. The molecule has 0 saturated carbocycles. The largest absolute Gasteiger partial charge is 0.439 e. The quantitative estimate of drug-likeness (QED) is 0.755. The number of fused-ring (bicyclic) bond motifs is 1. The number of rotatable bonds is 3. The van der Waals surface area contributed by atoms with E-state index in [1.54, 1.807) is 13.0 Å². The summed E-state index contributed by atoms with van der Waals surface area (Å²) in [5.41, 5.74) is 7.74. The summed E-state index contributed by atoms with van der Waals surface area (Å²) in [5.74, 6) is 1.58. The smallest absolute Gasteiger partial charge is 0.349 e. The minimum atomic E-state index is -0.317. The third kappa shape index (κ3) is 2.38. The molecule has 0 spiro atoms. The highest BCUT2D eigenvalue weighted by Crippen LogP contribution is 2.25. The molecule has 0 aliphatic heterocycles. The van der Waals surface area contributed by atoms with Gasteiger partial charge < -0.3 is 10.5 Å². The van der Waals surface area contributed by atoms with Crippen molar-refractivity contribution in [3.8, 4) is 11.6 Å². The van der Waals surface area contributed by atoms with Gasteiger partial charge in [0.05, 0.1) is 0 Å². The van der Waals surface area contributed by atoms with Crippen LogP contribution < -0.4 is 16.2 Å². The predicted molar refractivity (Wildman–Crippen MR) is 77.5 cm³/mol. The number of aryl methyl sites for hydroxylation is 2. The van der Waals surface area contributed by atoms with E-state index in [9.17, 15) is 4.79 Å². The molecule has 0 radical (unpaired) electrons. The van der Waals surface area contributed by atoms with Crippen molar-refractivity contribution in [3.05, 3.63) is 51.7 Å². The maximum Gasteiger partial charge on any atom is 0.349 e. The van der Waals surface area contributed by atoms with Gasteiger partial charge in [-0.2, -0.15) is 10.1 Å². The van der Waals surface area contributed by atoms with Crippen molar-refractivity contribution in [2.75, 3.05) is 0 Å². The topological polar surface area (TPSA) is 98.3 Å². The Morgan fingerprint density at radius 3 is 2.90 bits per heavy atom. The summed E-state index contributed by atoms with van der Waals surface area (Å²) in [6, 6.07) is 7.39. The molecule has 1 aromatic carbocycles. The number of ether oxygens (including phenoxy) is 1. The van der Waals surface area contributed by atoms with E-state index in [2.05, 4.69) is 15.2 Å². The van der Waals surface area contributed by atoms with E-state index in [-0.39, 0.29) is 5.69 Å². The first-order valence-electron chi connectivity index (χ1n) is 6.50. The Balaban J connectivity index is 2.04. The molecule has 7 heteroatoms. The maximum absolute atomic E-state index is 11.6. The highest BCUT2D eigenvalue weighted by Gasteiger charge is 2.10. The van der Waals surface area contributed by atoms with Gasteiger partial charge in [-0.3, -0.25) is 0 Å². The lowest BCUT2D eigenvalue weighted by Crippen LogP contribution is -2.13. The third-order valence-corrected chi connectivity index (χ3v) is 3.25. The van der Waals surface area contributed by atoms with E-state index in [0.717, 1.165) is 11.1 Å². The lowest BCUT2D eigenvalue weighted by molar-refractivity contribution is 0.456. The number of hydrogen-bond acceptors (Lipinski definition) is 5. The van der Waals surface area contributed by atoms with E-state index >= 15 is 0 Å². The summed E-state index contributed by atoms with van der Waals surface area (Å²) in [6.07, 6.45) is 0. The summed E-state index contributed by atoms with van der Waals surface area (Å²) in [6.45, 7) is 4.11. The molecule has 0 atom stereocenters. The van der Waals surface area contributed by atoms with E-state index in [4.69, 9.17) is 10.5 Å². The third-order valence-electron chi connectivity index (χ3n) is 3.25. The molecule has 21 heavy (non-hydrogen) atoms. The Morgan fingerprint density at radius 2 is 2.14 bits per heavy atom. The molecule has 0 unspecified atom stereocenters. The molecule has 0 fully saturated rings. The molecule has 0 aliphatic carbocycles. The Labute approximate surface area is 120 Å². The van der Waals surface area contributed by atoms with E-state index < -0.39 is 0 Å². The number of nitrogens with one attached hydrogen (secondary N) is 1. The van der Waals surface area contributed by atoms with E-state index in [0.29, 0.717) is 29.6 Å². The second-order valence-corrected chi connectivity index (χ2v) is 4.77. The Kier molecular flexibility index (Phi) is 3.19. The van der Waals surface area contributed by atoms with Crippen LogP contribution in [0.25, 0.3) is 5.65 Å². The van der Waals surface area contributed by atoms with Gasteiger partial charge in [0.1, 0.15) is 11.6 Å². The number of nitrogens with two attached hydrogens (primary N) is 1. The van der Waals surface area contributed by atoms with Crippen molar-refractivity contribution in [3.63, 3.8) is 0 Å². The SMILES string of the molecule is Cc1ccc(CN)cc1Oc1cc2n[nH]c(=O)n2c(C)n1. The molecule has 3 rings (SSSR count). The fourth-order valence-corrected chi connectivity index (χ4v) is 2.12. The molecule has 3 N–H and O–H groups in total. The zero-order chi connectivity index (χ0) is 15.0. The molecule has 2 aromatic heterocycles. The molecule has 3 aromatic rings. The normalized spacial score (nSPS) is 11.0. The number of aromatic nitrogens is 4. The second-order valence-electron chi connectivity index (χ2n) is 4.77. The highest BCUT2D eigenvalue weighted by molar-refractivity contribution is 5.44. The van der Waals surface area contributed by atoms with Gasteiger partial charge >= 0.3 is 5.69 Å². The van der Waals surface area contributed by atoms with Gasteiger partial charge in [-0.1, -0.05) is 12.1 Å². The molecule has 0 bridgehead atoms. The standard InChI is InChI=1S/C14H15N5O2/c1-8-3-4-10(7-15)5-11(8)21-13-6-12-17-18-14(20)19(12)9(2)16-13/h3-6H,7,15H2,1-2H3,(H,18,20). The van der Waals surface area contributed by atoms with Gasteiger partial charge in [0.25, 0.3) is 0 Å². The highest BCUT2D eigenvalue weighted by atomic mass is 16.5. The van der Waals surface area contributed by atoms with Gasteiger partial charge in [-0.15, -0.1) is 0 Å². The Bertz CT molecular complexity index is 865. The maximum atomic E-state index is 11.6. The number of benzene rings is 1. The van der Waals surface area contributed by atoms with Crippen LogP contribution in [0.4, 0.5) is 0 Å². The zero-order valence-corrected chi connectivity index (χ0v) is 11.8. The fourth-order valence-electron chi connectivity index (χ4n) is 2.12. The van der Waals surface area contributed by atoms with Crippen LogP contribution in [0.3, 0.4) is 0 Å². The predicted octanol–water partition coefficient (Wildman–Crippen LogP) is 1.29. The van der Waals surface area contributed by atoms with E-state index in [1.165, 1.54) is 4.40 Å². The summed E-state index contributed by atoms with van der Waals surface area (Å²) >= 11 is 0. The summed E-state index contributed by atoms with van der Waals surface area (Å²) in [7, 11) is 0. The van der Waals surface area contributed by atoms with Gasteiger partial charge in [0, 0.05) is 12.6 Å². The Hall–Kier alpha value is -2.67. The minimum absolute atomic E-state index is 0.317. The van der Waals surface area contributed by atoms with Gasteiger partial charge in [0.2, 0.25) is 5.88 Å². The van der Waals surface area contributed by atoms with Crippen molar-refractivity contribution in [1.29, 1.82) is 0 Å². The van der Waals surface area contributed by atoms with Crippen molar-refractivity contribution in [2.24, 2.45) is 5.73 Å². The van der Waals surface area contributed by atoms with E-state index in [1.807, 2.05) is 25.1 Å². The molecule has 7 nitrogen and oxygen atoms in total. The first kappa shape index (κ1) is 13.3. The van der Waals surface area contributed by atoms with Crippen LogP contribution in [-0.2, 0) is 6.54 Å². The average molecular weight is 285 g/mol. The zero-order valence-electron chi connectivity index (χ0n) is 11.8. The summed E-state index contributed by atoms with van der Waals surface area (Å²) in [5, 5.41) is 6.31.